The molecule has 0 spiro atoms. The van der Waals surface area contributed by atoms with Gasteiger partial charge >= 0.3 is 5.97 Å². The number of para-hydroxylation sites is 1. The summed E-state index contributed by atoms with van der Waals surface area (Å²) in [6.07, 6.45) is 2.50. The van der Waals surface area contributed by atoms with Gasteiger partial charge in [-0.2, -0.15) is 5.26 Å². The minimum atomic E-state index is -0.734. The van der Waals surface area contributed by atoms with Crippen LogP contribution in [0.15, 0.2) is 60.7 Å². The second-order valence-electron chi connectivity index (χ2n) is 4.97. The quantitative estimate of drug-likeness (QED) is 0.461. The van der Waals surface area contributed by atoms with Gasteiger partial charge in [0.15, 0.2) is 6.61 Å². The van der Waals surface area contributed by atoms with E-state index in [-0.39, 0.29) is 6.54 Å². The van der Waals surface area contributed by atoms with Gasteiger partial charge < -0.3 is 4.74 Å². The zero-order chi connectivity index (χ0) is 18.1. The fourth-order valence-electron chi connectivity index (χ4n) is 2.04. The van der Waals surface area contributed by atoms with Crippen molar-refractivity contribution < 1.29 is 18.7 Å². The van der Waals surface area contributed by atoms with Crippen LogP contribution in [0.5, 0.6) is 0 Å². The third-order valence-electron chi connectivity index (χ3n) is 3.20. The van der Waals surface area contributed by atoms with Gasteiger partial charge in [-0.15, -0.1) is 0 Å². The van der Waals surface area contributed by atoms with Crippen molar-refractivity contribution in [2.75, 3.05) is 18.1 Å². The number of nitriles is 1. The monoisotopic (exact) mass is 338 g/mol. The highest BCUT2D eigenvalue weighted by molar-refractivity contribution is 5.96. The number of esters is 1. The number of anilines is 1. The lowest BCUT2D eigenvalue weighted by atomic mass is 10.2. The number of ether oxygens (including phenoxy) is 1. The Hall–Kier alpha value is -3.46. The number of benzene rings is 2. The van der Waals surface area contributed by atoms with Crippen LogP contribution >= 0.6 is 0 Å². The van der Waals surface area contributed by atoms with Crippen LogP contribution in [0.3, 0.4) is 0 Å². The highest BCUT2D eigenvalue weighted by atomic mass is 19.1. The Kier molecular flexibility index (Phi) is 6.43. The molecule has 0 radical (unpaired) electrons. The normalized spacial score (nSPS) is 10.2. The topological polar surface area (TPSA) is 70.4 Å². The molecule has 2 rings (SSSR count). The van der Waals surface area contributed by atoms with Gasteiger partial charge in [0.05, 0.1) is 6.07 Å². The Labute approximate surface area is 144 Å². The van der Waals surface area contributed by atoms with Crippen LogP contribution < -0.4 is 4.90 Å². The first-order valence-electron chi connectivity index (χ1n) is 7.43. The van der Waals surface area contributed by atoms with Gasteiger partial charge in [-0.25, -0.2) is 9.18 Å². The molecule has 5 nitrogen and oxygen atoms in total. The Morgan fingerprint density at radius 1 is 1.16 bits per heavy atom. The van der Waals surface area contributed by atoms with Crippen LogP contribution in [0.25, 0.3) is 6.08 Å². The molecule has 0 saturated heterocycles. The zero-order valence-corrected chi connectivity index (χ0v) is 13.3. The van der Waals surface area contributed by atoms with Crippen molar-refractivity contribution in [3.8, 4) is 6.07 Å². The molecule has 0 atom stereocenters. The van der Waals surface area contributed by atoms with E-state index in [0.29, 0.717) is 11.3 Å². The molecule has 0 unspecified atom stereocenters. The molecule has 0 aliphatic heterocycles. The molecule has 0 aromatic heterocycles. The SMILES string of the molecule is N#CCN(C(=O)COC(=O)/C=C/c1cccc(F)c1)c1ccccc1. The first-order chi connectivity index (χ1) is 12.1. The van der Waals surface area contributed by atoms with E-state index in [0.717, 1.165) is 6.08 Å². The van der Waals surface area contributed by atoms with E-state index in [4.69, 9.17) is 10.00 Å². The summed E-state index contributed by atoms with van der Waals surface area (Å²) in [5.74, 6) is -1.66. The van der Waals surface area contributed by atoms with E-state index >= 15 is 0 Å². The third kappa shape index (κ3) is 5.59. The average Bonchev–Trinajstić information content (AvgIpc) is 2.63. The van der Waals surface area contributed by atoms with E-state index in [2.05, 4.69) is 0 Å². The number of halogens is 1. The Balaban J connectivity index is 1.93. The first kappa shape index (κ1) is 17.9. The Morgan fingerprint density at radius 2 is 1.92 bits per heavy atom. The summed E-state index contributed by atoms with van der Waals surface area (Å²) >= 11 is 0. The lowest BCUT2D eigenvalue weighted by Crippen LogP contribution is -2.34. The molecule has 0 bridgehead atoms. The predicted octanol–water partition coefficient (Wildman–Crippen LogP) is 2.94. The summed E-state index contributed by atoms with van der Waals surface area (Å²) in [6, 6.07) is 16.2. The molecule has 0 aliphatic carbocycles. The number of carbonyl (C=O) groups excluding carboxylic acids is 2. The maximum absolute atomic E-state index is 13.0. The van der Waals surface area contributed by atoms with Crippen molar-refractivity contribution >= 4 is 23.6 Å². The molecule has 0 N–H and O–H groups in total. The average molecular weight is 338 g/mol. The number of nitrogens with zero attached hydrogens (tertiary/aromatic N) is 2. The molecular formula is C19H15FN2O3. The van der Waals surface area contributed by atoms with E-state index in [1.54, 1.807) is 36.4 Å². The number of rotatable bonds is 6. The van der Waals surface area contributed by atoms with Crippen molar-refractivity contribution in [2.45, 2.75) is 0 Å². The molecule has 126 valence electrons. The second-order valence-corrected chi connectivity index (χ2v) is 4.97. The van der Waals surface area contributed by atoms with Gasteiger partial charge in [0.2, 0.25) is 0 Å². The van der Waals surface area contributed by atoms with E-state index in [9.17, 15) is 14.0 Å². The Morgan fingerprint density at radius 3 is 2.60 bits per heavy atom. The fourth-order valence-corrected chi connectivity index (χ4v) is 2.04. The molecule has 0 heterocycles. The standard InChI is InChI=1S/C19H15FN2O3/c20-16-6-4-5-15(13-16)9-10-19(24)25-14-18(23)22(12-11-21)17-7-2-1-3-8-17/h1-10,13H,12,14H2/b10-9+. The summed E-state index contributed by atoms with van der Waals surface area (Å²) in [5, 5.41) is 8.86. The van der Waals surface area contributed by atoms with E-state index in [1.165, 1.54) is 29.2 Å². The summed E-state index contributed by atoms with van der Waals surface area (Å²) in [4.78, 5) is 25.1. The summed E-state index contributed by atoms with van der Waals surface area (Å²) in [5.41, 5.74) is 1.04. The molecule has 2 aromatic carbocycles. The largest absolute Gasteiger partial charge is 0.452 e. The number of hydrogen-bond acceptors (Lipinski definition) is 4. The van der Waals surface area contributed by atoms with Crippen LogP contribution in [0, 0.1) is 17.1 Å². The highest BCUT2D eigenvalue weighted by Gasteiger charge is 2.16. The van der Waals surface area contributed by atoms with E-state index < -0.39 is 24.3 Å². The van der Waals surface area contributed by atoms with E-state index in [1.807, 2.05) is 6.07 Å². The maximum atomic E-state index is 13.0. The van der Waals surface area contributed by atoms with Crippen molar-refractivity contribution in [2.24, 2.45) is 0 Å². The van der Waals surface area contributed by atoms with Gasteiger partial charge in [-0.1, -0.05) is 30.3 Å². The van der Waals surface area contributed by atoms with Crippen LogP contribution in [0.4, 0.5) is 10.1 Å². The van der Waals surface area contributed by atoms with Gasteiger partial charge in [-0.3, -0.25) is 9.69 Å². The molecule has 25 heavy (non-hydrogen) atoms. The summed E-state index contributed by atoms with van der Waals surface area (Å²) < 4.78 is 17.9. The first-order valence-corrected chi connectivity index (χ1v) is 7.43. The van der Waals surface area contributed by atoms with Crippen molar-refractivity contribution in [1.82, 2.24) is 0 Å². The van der Waals surface area contributed by atoms with Crippen LogP contribution in [0.1, 0.15) is 5.56 Å². The molecule has 0 aliphatic rings. The lowest BCUT2D eigenvalue weighted by Gasteiger charge is -2.19. The summed E-state index contributed by atoms with van der Waals surface area (Å²) in [7, 11) is 0. The van der Waals surface area contributed by atoms with Crippen LogP contribution in [-0.4, -0.2) is 25.0 Å². The van der Waals surface area contributed by atoms with Gasteiger partial charge in [0, 0.05) is 11.8 Å². The number of amides is 1. The summed E-state index contributed by atoms with van der Waals surface area (Å²) in [6.45, 7) is -0.650. The van der Waals surface area contributed by atoms with Crippen LogP contribution in [-0.2, 0) is 14.3 Å². The van der Waals surface area contributed by atoms with Gasteiger partial charge in [0.1, 0.15) is 12.4 Å². The molecule has 0 fully saturated rings. The van der Waals surface area contributed by atoms with Crippen LogP contribution in [0.2, 0.25) is 0 Å². The van der Waals surface area contributed by atoms with Crippen molar-refractivity contribution in [3.05, 3.63) is 72.1 Å². The van der Waals surface area contributed by atoms with Gasteiger partial charge in [0.25, 0.3) is 5.91 Å². The fraction of sp³-hybridized carbons (Fsp3) is 0.105. The molecule has 6 heteroatoms. The van der Waals surface area contributed by atoms with Crippen molar-refractivity contribution in [1.29, 1.82) is 5.26 Å². The smallest absolute Gasteiger partial charge is 0.331 e. The van der Waals surface area contributed by atoms with Crippen molar-refractivity contribution in [3.63, 3.8) is 0 Å². The minimum Gasteiger partial charge on any atom is -0.452 e. The molecule has 2 aromatic rings. The zero-order valence-electron chi connectivity index (χ0n) is 13.3. The maximum Gasteiger partial charge on any atom is 0.331 e. The molecule has 1 amide bonds. The number of carbonyl (C=O) groups is 2. The lowest BCUT2D eigenvalue weighted by molar-refractivity contribution is -0.142. The number of hydrogen-bond donors (Lipinski definition) is 0. The van der Waals surface area contributed by atoms with Gasteiger partial charge in [-0.05, 0) is 35.9 Å². The Bertz CT molecular complexity index is 813. The third-order valence-corrected chi connectivity index (χ3v) is 3.20. The predicted molar refractivity (Wildman–Crippen MR) is 90.8 cm³/mol. The second kappa shape index (κ2) is 8.99. The minimum absolute atomic E-state index is 0.153. The molecular weight excluding hydrogens is 323 g/mol. The highest BCUT2D eigenvalue weighted by Crippen LogP contribution is 2.13. The molecule has 0 saturated carbocycles.